The van der Waals surface area contributed by atoms with Gasteiger partial charge < -0.3 is 10.1 Å². The van der Waals surface area contributed by atoms with E-state index in [0.717, 1.165) is 30.8 Å². The maximum absolute atomic E-state index is 11.7. The standard InChI is InChI=1S/C10H14ClN3O2S/c1-2-7-6(3-4-16-7)5-12-8(15)9-13-14-10(11)17-9/h6-7H,2-5H2,1H3,(H,12,15). The van der Waals surface area contributed by atoms with Crippen molar-refractivity contribution in [1.29, 1.82) is 0 Å². The fraction of sp³-hybridized carbons (Fsp3) is 0.700. The van der Waals surface area contributed by atoms with Gasteiger partial charge in [0.15, 0.2) is 0 Å². The Balaban J connectivity index is 1.84. The second kappa shape index (κ2) is 5.75. The van der Waals surface area contributed by atoms with Crippen molar-refractivity contribution in [2.24, 2.45) is 5.92 Å². The van der Waals surface area contributed by atoms with Gasteiger partial charge in [0.2, 0.25) is 9.47 Å². The number of amides is 1. The number of ether oxygens (including phenoxy) is 1. The Kier molecular flexibility index (Phi) is 4.31. The zero-order valence-corrected chi connectivity index (χ0v) is 11.1. The Bertz CT molecular complexity index is 399. The third-order valence-corrected chi connectivity index (χ3v) is 3.89. The number of carbonyl (C=O) groups excluding carboxylic acids is 1. The molecule has 1 aliphatic heterocycles. The predicted octanol–water partition coefficient (Wildman–Crippen LogP) is 1.74. The van der Waals surface area contributed by atoms with Gasteiger partial charge in [0.1, 0.15) is 0 Å². The second-order valence-corrected chi connectivity index (χ2v) is 5.50. The Morgan fingerprint density at radius 1 is 1.65 bits per heavy atom. The van der Waals surface area contributed by atoms with Crippen molar-refractivity contribution >= 4 is 28.8 Å². The molecule has 1 aromatic heterocycles. The molecular weight excluding hydrogens is 262 g/mol. The van der Waals surface area contributed by atoms with E-state index in [1.165, 1.54) is 0 Å². The van der Waals surface area contributed by atoms with E-state index in [4.69, 9.17) is 16.3 Å². The largest absolute Gasteiger partial charge is 0.378 e. The molecule has 1 aliphatic rings. The van der Waals surface area contributed by atoms with Crippen LogP contribution in [0, 0.1) is 5.92 Å². The molecule has 0 aromatic carbocycles. The molecule has 1 amide bonds. The zero-order chi connectivity index (χ0) is 12.3. The summed E-state index contributed by atoms with van der Waals surface area (Å²) in [7, 11) is 0. The first-order valence-electron chi connectivity index (χ1n) is 5.59. The molecule has 5 nitrogen and oxygen atoms in total. The van der Waals surface area contributed by atoms with Gasteiger partial charge in [0.05, 0.1) is 6.10 Å². The molecular formula is C10H14ClN3O2S. The third-order valence-electron chi connectivity index (χ3n) is 2.87. The van der Waals surface area contributed by atoms with Crippen LogP contribution in [0.15, 0.2) is 0 Å². The zero-order valence-electron chi connectivity index (χ0n) is 9.48. The summed E-state index contributed by atoms with van der Waals surface area (Å²) >= 11 is 6.71. The van der Waals surface area contributed by atoms with E-state index in [1.807, 2.05) is 0 Å². The minimum absolute atomic E-state index is 0.212. The fourth-order valence-corrected chi connectivity index (χ4v) is 2.72. The SMILES string of the molecule is CCC1OCCC1CNC(=O)c1nnc(Cl)s1. The summed E-state index contributed by atoms with van der Waals surface area (Å²) in [6.07, 6.45) is 2.23. The van der Waals surface area contributed by atoms with Gasteiger partial charge >= 0.3 is 0 Å². The number of hydrogen-bond donors (Lipinski definition) is 1. The third kappa shape index (κ3) is 3.14. The number of carbonyl (C=O) groups is 1. The fourth-order valence-electron chi connectivity index (χ4n) is 1.97. The summed E-state index contributed by atoms with van der Waals surface area (Å²) in [6, 6.07) is 0. The molecule has 0 aliphatic carbocycles. The van der Waals surface area contributed by atoms with E-state index in [-0.39, 0.29) is 16.5 Å². The molecule has 0 spiro atoms. The molecule has 1 N–H and O–H groups in total. The lowest BCUT2D eigenvalue weighted by molar-refractivity contribution is 0.0826. The molecule has 2 atom stereocenters. The quantitative estimate of drug-likeness (QED) is 0.909. The van der Waals surface area contributed by atoms with Gasteiger partial charge in [-0.3, -0.25) is 4.79 Å². The molecule has 2 heterocycles. The van der Waals surface area contributed by atoms with Crippen LogP contribution in [-0.4, -0.2) is 35.4 Å². The summed E-state index contributed by atoms with van der Waals surface area (Å²) in [5.41, 5.74) is 0. The minimum atomic E-state index is -0.212. The lowest BCUT2D eigenvalue weighted by atomic mass is 10.00. The van der Waals surface area contributed by atoms with Crippen LogP contribution in [0.1, 0.15) is 29.6 Å². The lowest BCUT2D eigenvalue weighted by Gasteiger charge is -2.16. The number of rotatable bonds is 4. The average molecular weight is 276 g/mol. The number of aromatic nitrogens is 2. The molecule has 1 fully saturated rings. The Labute approximate surface area is 109 Å². The second-order valence-electron chi connectivity index (χ2n) is 3.94. The normalized spacial score (nSPS) is 23.9. The minimum Gasteiger partial charge on any atom is -0.378 e. The summed E-state index contributed by atoms with van der Waals surface area (Å²) < 4.78 is 5.84. The van der Waals surface area contributed by atoms with Crippen molar-refractivity contribution in [1.82, 2.24) is 15.5 Å². The summed E-state index contributed by atoms with van der Waals surface area (Å²) in [6.45, 7) is 3.49. The monoisotopic (exact) mass is 275 g/mol. The predicted molar refractivity (Wildman–Crippen MR) is 65.4 cm³/mol. The summed E-state index contributed by atoms with van der Waals surface area (Å²) in [5, 5.41) is 10.4. The molecule has 17 heavy (non-hydrogen) atoms. The highest BCUT2D eigenvalue weighted by Gasteiger charge is 2.27. The number of nitrogens with one attached hydrogen (secondary N) is 1. The number of nitrogens with zero attached hydrogens (tertiary/aromatic N) is 2. The van der Waals surface area contributed by atoms with E-state index in [1.54, 1.807) is 0 Å². The molecule has 1 aromatic rings. The summed E-state index contributed by atoms with van der Waals surface area (Å²) in [4.78, 5) is 11.7. The molecule has 0 saturated carbocycles. The van der Waals surface area contributed by atoms with Crippen LogP contribution in [0.25, 0.3) is 0 Å². The molecule has 7 heteroatoms. The van der Waals surface area contributed by atoms with Gasteiger partial charge in [-0.25, -0.2) is 0 Å². The molecule has 94 valence electrons. The maximum Gasteiger partial charge on any atom is 0.282 e. The Morgan fingerprint density at radius 3 is 3.12 bits per heavy atom. The average Bonchev–Trinajstić information content (AvgIpc) is 2.94. The van der Waals surface area contributed by atoms with Crippen molar-refractivity contribution in [3.05, 3.63) is 9.47 Å². The van der Waals surface area contributed by atoms with E-state index in [2.05, 4.69) is 22.4 Å². The van der Waals surface area contributed by atoms with Gasteiger partial charge in [-0.15, -0.1) is 10.2 Å². The Hall–Kier alpha value is -0.720. The highest BCUT2D eigenvalue weighted by Crippen LogP contribution is 2.22. The van der Waals surface area contributed by atoms with Crippen LogP contribution < -0.4 is 5.32 Å². The lowest BCUT2D eigenvalue weighted by Crippen LogP contribution is -2.32. The molecule has 0 radical (unpaired) electrons. The van der Waals surface area contributed by atoms with Gasteiger partial charge in [0.25, 0.3) is 5.91 Å². The highest BCUT2D eigenvalue weighted by molar-refractivity contribution is 7.17. The first-order valence-corrected chi connectivity index (χ1v) is 6.79. The molecule has 2 unspecified atom stereocenters. The van der Waals surface area contributed by atoms with Crippen LogP contribution >= 0.6 is 22.9 Å². The van der Waals surface area contributed by atoms with Crippen LogP contribution in [0.4, 0.5) is 0 Å². The van der Waals surface area contributed by atoms with Crippen molar-refractivity contribution in [3.8, 4) is 0 Å². The van der Waals surface area contributed by atoms with Crippen LogP contribution in [0.3, 0.4) is 0 Å². The Morgan fingerprint density at radius 2 is 2.47 bits per heavy atom. The van der Waals surface area contributed by atoms with E-state index >= 15 is 0 Å². The maximum atomic E-state index is 11.7. The van der Waals surface area contributed by atoms with Gasteiger partial charge in [0, 0.05) is 19.1 Å². The summed E-state index contributed by atoms with van der Waals surface area (Å²) in [5.74, 6) is 0.184. The van der Waals surface area contributed by atoms with Crippen LogP contribution in [0.5, 0.6) is 0 Å². The molecule has 0 bridgehead atoms. The van der Waals surface area contributed by atoms with Crippen molar-refractivity contribution < 1.29 is 9.53 Å². The van der Waals surface area contributed by atoms with E-state index in [9.17, 15) is 4.79 Å². The first kappa shape index (κ1) is 12.7. The smallest absolute Gasteiger partial charge is 0.282 e. The van der Waals surface area contributed by atoms with Gasteiger partial charge in [-0.1, -0.05) is 18.3 Å². The molecule has 1 saturated heterocycles. The van der Waals surface area contributed by atoms with Crippen molar-refractivity contribution in [3.63, 3.8) is 0 Å². The van der Waals surface area contributed by atoms with Crippen molar-refractivity contribution in [2.75, 3.05) is 13.2 Å². The van der Waals surface area contributed by atoms with Gasteiger partial charge in [-0.05, 0) is 24.4 Å². The topological polar surface area (TPSA) is 64.1 Å². The van der Waals surface area contributed by atoms with E-state index in [0.29, 0.717) is 17.5 Å². The first-order chi connectivity index (χ1) is 8.20. The van der Waals surface area contributed by atoms with Crippen LogP contribution in [0.2, 0.25) is 4.47 Å². The van der Waals surface area contributed by atoms with Crippen LogP contribution in [-0.2, 0) is 4.74 Å². The number of hydrogen-bond acceptors (Lipinski definition) is 5. The highest BCUT2D eigenvalue weighted by atomic mass is 35.5. The number of halogens is 1. The van der Waals surface area contributed by atoms with Gasteiger partial charge in [-0.2, -0.15) is 0 Å². The van der Waals surface area contributed by atoms with Crippen molar-refractivity contribution in [2.45, 2.75) is 25.9 Å². The van der Waals surface area contributed by atoms with E-state index < -0.39 is 0 Å². The molecule has 2 rings (SSSR count).